The van der Waals surface area contributed by atoms with Crippen LogP contribution in [0, 0.1) is 11.3 Å². The van der Waals surface area contributed by atoms with E-state index in [4.69, 9.17) is 38.3 Å². The number of hydrogen-bond acceptors (Lipinski definition) is 5. The maximum atomic E-state index is 8.96. The molecule has 1 aromatic carbocycles. The predicted molar refractivity (Wildman–Crippen MR) is 72.6 cm³/mol. The Kier molecular flexibility index (Phi) is 4.79. The van der Waals surface area contributed by atoms with E-state index >= 15 is 0 Å². The van der Waals surface area contributed by atoms with Crippen molar-refractivity contribution in [1.29, 1.82) is 5.26 Å². The molecule has 1 heterocycles. The number of benzene rings is 1. The normalized spacial score (nSPS) is 10.3. The summed E-state index contributed by atoms with van der Waals surface area (Å²) in [6.45, 7) is 0.196. The number of aromatic nitrogens is 3. The molecule has 0 spiro atoms. The Morgan fingerprint density at radius 2 is 2.20 bits per heavy atom. The summed E-state index contributed by atoms with van der Waals surface area (Å²) >= 11 is 11.8. The lowest BCUT2D eigenvalue weighted by atomic mass is 10.3. The maximum Gasteiger partial charge on any atom is 0.189 e. The van der Waals surface area contributed by atoms with E-state index in [2.05, 4.69) is 10.3 Å². The van der Waals surface area contributed by atoms with Crippen molar-refractivity contribution in [2.75, 3.05) is 6.61 Å². The van der Waals surface area contributed by atoms with Gasteiger partial charge in [-0.25, -0.2) is 4.68 Å². The van der Waals surface area contributed by atoms with Gasteiger partial charge in [0.2, 0.25) is 0 Å². The molecule has 0 radical (unpaired) electrons. The van der Waals surface area contributed by atoms with Gasteiger partial charge in [0.1, 0.15) is 24.1 Å². The summed E-state index contributed by atoms with van der Waals surface area (Å²) in [5, 5.41) is 26.3. The first-order valence-corrected chi connectivity index (χ1v) is 6.42. The summed E-state index contributed by atoms with van der Waals surface area (Å²) < 4.78 is 6.96. The molecular weight excluding hydrogens is 303 g/mol. The monoisotopic (exact) mass is 312 g/mol. The van der Waals surface area contributed by atoms with Gasteiger partial charge in [0.05, 0.1) is 18.2 Å². The molecule has 20 heavy (non-hydrogen) atoms. The van der Waals surface area contributed by atoms with E-state index in [-0.39, 0.29) is 25.5 Å². The second kappa shape index (κ2) is 6.57. The van der Waals surface area contributed by atoms with Crippen LogP contribution < -0.4 is 4.74 Å². The first-order chi connectivity index (χ1) is 9.65. The number of halogens is 2. The highest BCUT2D eigenvalue weighted by atomic mass is 35.5. The van der Waals surface area contributed by atoms with Crippen LogP contribution >= 0.6 is 23.2 Å². The zero-order valence-corrected chi connectivity index (χ0v) is 11.8. The molecule has 0 aliphatic heterocycles. The Hall–Kier alpha value is -1.81. The van der Waals surface area contributed by atoms with Crippen LogP contribution in [0.15, 0.2) is 18.2 Å². The highest BCUT2D eigenvalue weighted by Crippen LogP contribution is 2.28. The highest BCUT2D eigenvalue weighted by molar-refractivity contribution is 6.35. The van der Waals surface area contributed by atoms with Gasteiger partial charge >= 0.3 is 0 Å². The third-order valence-corrected chi connectivity index (χ3v) is 3.04. The van der Waals surface area contributed by atoms with E-state index < -0.39 is 0 Å². The quantitative estimate of drug-likeness (QED) is 0.913. The number of hydrogen-bond donors (Lipinski definition) is 1. The number of ether oxygens (including phenoxy) is 1. The summed E-state index contributed by atoms with van der Waals surface area (Å²) in [6.07, 6.45) is 0. The average Bonchev–Trinajstić information content (AvgIpc) is 2.80. The number of nitrogens with zero attached hydrogens (tertiary/aromatic N) is 4. The molecule has 0 saturated heterocycles. The van der Waals surface area contributed by atoms with Gasteiger partial charge < -0.3 is 9.84 Å². The van der Waals surface area contributed by atoms with Crippen LogP contribution in [-0.2, 0) is 13.2 Å². The lowest BCUT2D eigenvalue weighted by molar-refractivity contribution is 0.252. The Morgan fingerprint density at radius 1 is 1.40 bits per heavy atom. The molecule has 0 aliphatic carbocycles. The Morgan fingerprint density at radius 3 is 2.85 bits per heavy atom. The van der Waals surface area contributed by atoms with Crippen LogP contribution in [0.2, 0.25) is 10.0 Å². The highest BCUT2D eigenvalue weighted by Gasteiger charge is 2.13. The molecule has 1 N–H and O–H groups in total. The van der Waals surface area contributed by atoms with E-state index in [9.17, 15) is 0 Å². The molecule has 2 rings (SSSR count). The fourth-order valence-electron chi connectivity index (χ4n) is 1.58. The molecule has 0 atom stereocenters. The van der Waals surface area contributed by atoms with Crippen molar-refractivity contribution < 1.29 is 9.84 Å². The average molecular weight is 313 g/mol. The standard InChI is InChI=1S/C12H10Cl2N4O2/c13-8-1-2-12(9(14)5-8)20-7-11-10(6-15)16-17-18(11)3-4-19/h1-2,5,19H,3-4,7H2. The van der Waals surface area contributed by atoms with Crippen molar-refractivity contribution in [3.05, 3.63) is 39.6 Å². The van der Waals surface area contributed by atoms with Crippen LogP contribution in [0.1, 0.15) is 11.4 Å². The van der Waals surface area contributed by atoms with Crippen molar-refractivity contribution >= 4 is 23.2 Å². The fourth-order valence-corrected chi connectivity index (χ4v) is 2.04. The van der Waals surface area contributed by atoms with Gasteiger partial charge in [-0.05, 0) is 18.2 Å². The van der Waals surface area contributed by atoms with Crippen molar-refractivity contribution in [2.45, 2.75) is 13.2 Å². The lowest BCUT2D eigenvalue weighted by Crippen LogP contribution is -2.11. The zero-order valence-electron chi connectivity index (χ0n) is 10.3. The molecule has 1 aromatic heterocycles. The smallest absolute Gasteiger partial charge is 0.189 e. The van der Waals surface area contributed by atoms with E-state index in [1.165, 1.54) is 4.68 Å². The number of aliphatic hydroxyl groups excluding tert-OH is 1. The largest absolute Gasteiger partial charge is 0.486 e. The van der Waals surface area contributed by atoms with Gasteiger partial charge in [-0.2, -0.15) is 5.26 Å². The van der Waals surface area contributed by atoms with Gasteiger partial charge in [0.25, 0.3) is 0 Å². The first-order valence-electron chi connectivity index (χ1n) is 5.67. The summed E-state index contributed by atoms with van der Waals surface area (Å²) in [5.74, 6) is 0.441. The summed E-state index contributed by atoms with van der Waals surface area (Å²) in [4.78, 5) is 0. The third-order valence-electron chi connectivity index (χ3n) is 2.51. The molecule has 0 bridgehead atoms. The van der Waals surface area contributed by atoms with Gasteiger partial charge in [0.15, 0.2) is 5.69 Å². The van der Waals surface area contributed by atoms with Crippen LogP contribution in [0.5, 0.6) is 5.75 Å². The minimum Gasteiger partial charge on any atom is -0.486 e. The molecule has 2 aromatic rings. The predicted octanol–water partition coefficient (Wildman–Crippen LogP) is 2.03. The SMILES string of the molecule is N#Cc1nnn(CCO)c1COc1ccc(Cl)cc1Cl. The van der Waals surface area contributed by atoms with Crippen molar-refractivity contribution in [3.63, 3.8) is 0 Å². The molecule has 0 amide bonds. The van der Waals surface area contributed by atoms with E-state index in [1.807, 2.05) is 6.07 Å². The zero-order chi connectivity index (χ0) is 14.5. The lowest BCUT2D eigenvalue weighted by Gasteiger charge is -2.09. The van der Waals surface area contributed by atoms with Crippen molar-refractivity contribution in [3.8, 4) is 11.8 Å². The summed E-state index contributed by atoms with van der Waals surface area (Å²) in [5.41, 5.74) is 0.635. The minimum atomic E-state index is -0.108. The maximum absolute atomic E-state index is 8.96. The van der Waals surface area contributed by atoms with Crippen LogP contribution in [0.4, 0.5) is 0 Å². The van der Waals surface area contributed by atoms with Crippen LogP contribution in [-0.4, -0.2) is 26.7 Å². The van der Waals surface area contributed by atoms with E-state index in [1.54, 1.807) is 18.2 Å². The first kappa shape index (κ1) is 14.6. The minimum absolute atomic E-state index is 0.0667. The molecule has 0 unspecified atom stereocenters. The molecule has 0 saturated carbocycles. The van der Waals surface area contributed by atoms with Gasteiger partial charge in [-0.1, -0.05) is 28.4 Å². The third kappa shape index (κ3) is 3.20. The molecule has 8 heteroatoms. The van der Waals surface area contributed by atoms with E-state index in [0.717, 1.165) is 0 Å². The Labute approximate surface area is 125 Å². The number of aliphatic hydroxyl groups is 1. The molecular formula is C12H10Cl2N4O2. The van der Waals surface area contributed by atoms with Crippen LogP contribution in [0.3, 0.4) is 0 Å². The summed E-state index contributed by atoms with van der Waals surface area (Å²) in [6, 6.07) is 6.77. The molecule has 0 fully saturated rings. The summed E-state index contributed by atoms with van der Waals surface area (Å²) in [7, 11) is 0. The van der Waals surface area contributed by atoms with Crippen molar-refractivity contribution in [2.24, 2.45) is 0 Å². The van der Waals surface area contributed by atoms with Crippen molar-refractivity contribution in [1.82, 2.24) is 15.0 Å². The number of rotatable bonds is 5. The van der Waals surface area contributed by atoms with Gasteiger partial charge in [-0.15, -0.1) is 5.10 Å². The number of nitriles is 1. The second-order valence-corrected chi connectivity index (χ2v) is 4.65. The Bertz CT molecular complexity index is 651. The van der Waals surface area contributed by atoms with Crippen LogP contribution in [0.25, 0.3) is 0 Å². The second-order valence-electron chi connectivity index (χ2n) is 3.81. The fraction of sp³-hybridized carbons (Fsp3) is 0.250. The molecule has 104 valence electrons. The molecule has 0 aliphatic rings. The Balaban J connectivity index is 2.18. The molecule has 6 nitrogen and oxygen atoms in total. The van der Waals surface area contributed by atoms with E-state index in [0.29, 0.717) is 21.5 Å². The van der Waals surface area contributed by atoms with Gasteiger partial charge in [0, 0.05) is 5.02 Å². The van der Waals surface area contributed by atoms with Gasteiger partial charge in [-0.3, -0.25) is 0 Å². The topological polar surface area (TPSA) is 84.0 Å².